The topological polar surface area (TPSA) is 49.4 Å². The van der Waals surface area contributed by atoms with E-state index in [2.05, 4.69) is 5.32 Å². The van der Waals surface area contributed by atoms with Gasteiger partial charge in [0.1, 0.15) is 6.04 Å². The lowest BCUT2D eigenvalue weighted by molar-refractivity contribution is -0.143. The third-order valence-corrected chi connectivity index (χ3v) is 3.13. The van der Waals surface area contributed by atoms with Crippen LogP contribution < -0.4 is 5.32 Å². The maximum absolute atomic E-state index is 11.7. The minimum absolute atomic E-state index is 0.0338. The van der Waals surface area contributed by atoms with Gasteiger partial charge in [-0.05, 0) is 25.7 Å². The first kappa shape index (κ1) is 10.5. The molecule has 4 heteroatoms. The molecule has 2 amide bonds. The maximum atomic E-state index is 11.7. The zero-order valence-electron chi connectivity index (χ0n) is 9.16. The summed E-state index contributed by atoms with van der Waals surface area (Å²) in [5.41, 5.74) is 0. The number of rotatable bonds is 4. The van der Waals surface area contributed by atoms with E-state index in [-0.39, 0.29) is 24.4 Å². The van der Waals surface area contributed by atoms with Crippen molar-refractivity contribution in [2.75, 3.05) is 13.1 Å². The number of amides is 2. The average Bonchev–Trinajstić information content (AvgIpc) is 2.97. The first-order chi connectivity index (χ1) is 7.16. The number of piperazine rings is 1. The largest absolute Gasteiger partial charge is 0.343 e. The molecule has 2 aliphatic rings. The highest BCUT2D eigenvalue weighted by Crippen LogP contribution is 2.33. The average molecular weight is 210 g/mol. The smallest absolute Gasteiger partial charge is 0.245 e. The fourth-order valence-corrected chi connectivity index (χ4v) is 2.04. The first-order valence-corrected chi connectivity index (χ1v) is 5.75. The Bertz CT molecular complexity index is 274. The van der Waals surface area contributed by atoms with Crippen LogP contribution in [-0.2, 0) is 9.59 Å². The summed E-state index contributed by atoms with van der Waals surface area (Å²) in [6.07, 6.45) is 4.95. The Balaban J connectivity index is 1.77. The van der Waals surface area contributed by atoms with Crippen molar-refractivity contribution in [1.29, 1.82) is 0 Å². The number of nitrogens with zero attached hydrogens (tertiary/aromatic N) is 1. The zero-order chi connectivity index (χ0) is 10.8. The van der Waals surface area contributed by atoms with Crippen molar-refractivity contribution in [1.82, 2.24) is 10.2 Å². The molecule has 1 saturated heterocycles. The number of carbonyl (C=O) groups is 2. The SMILES string of the molecule is CC1NC(=O)CN(CCCC2CC2)C1=O. The Morgan fingerprint density at radius 1 is 1.40 bits per heavy atom. The van der Waals surface area contributed by atoms with Crippen LogP contribution in [0.5, 0.6) is 0 Å². The highest BCUT2D eigenvalue weighted by atomic mass is 16.2. The van der Waals surface area contributed by atoms with Crippen molar-refractivity contribution >= 4 is 11.8 Å². The molecule has 0 spiro atoms. The molecule has 2 fully saturated rings. The lowest BCUT2D eigenvalue weighted by atomic mass is 10.1. The van der Waals surface area contributed by atoms with Crippen molar-refractivity contribution in [2.24, 2.45) is 5.92 Å². The molecule has 0 bridgehead atoms. The summed E-state index contributed by atoms with van der Waals surface area (Å²) in [5, 5.41) is 2.64. The number of hydrogen-bond donors (Lipinski definition) is 1. The van der Waals surface area contributed by atoms with E-state index in [1.807, 2.05) is 0 Å². The zero-order valence-corrected chi connectivity index (χ0v) is 9.16. The second-order valence-electron chi connectivity index (χ2n) is 4.63. The minimum atomic E-state index is -0.341. The minimum Gasteiger partial charge on any atom is -0.343 e. The second kappa shape index (κ2) is 4.21. The van der Waals surface area contributed by atoms with Gasteiger partial charge in [-0.2, -0.15) is 0 Å². The molecule has 0 aromatic heterocycles. The summed E-state index contributed by atoms with van der Waals surface area (Å²) in [7, 11) is 0. The van der Waals surface area contributed by atoms with Crippen LogP contribution >= 0.6 is 0 Å². The Labute approximate surface area is 90.0 Å². The molecule has 2 rings (SSSR count). The predicted octanol–water partition coefficient (Wildman–Crippen LogP) is 0.523. The van der Waals surface area contributed by atoms with Gasteiger partial charge in [-0.3, -0.25) is 9.59 Å². The molecule has 1 N–H and O–H groups in total. The van der Waals surface area contributed by atoms with Gasteiger partial charge in [-0.1, -0.05) is 12.8 Å². The van der Waals surface area contributed by atoms with E-state index in [0.29, 0.717) is 0 Å². The van der Waals surface area contributed by atoms with Gasteiger partial charge in [-0.15, -0.1) is 0 Å². The third-order valence-electron chi connectivity index (χ3n) is 3.13. The van der Waals surface area contributed by atoms with Crippen LogP contribution in [0, 0.1) is 5.92 Å². The van der Waals surface area contributed by atoms with Gasteiger partial charge >= 0.3 is 0 Å². The van der Waals surface area contributed by atoms with Crippen LogP contribution in [0.15, 0.2) is 0 Å². The van der Waals surface area contributed by atoms with Crippen LogP contribution in [0.25, 0.3) is 0 Å². The number of hydrogen-bond acceptors (Lipinski definition) is 2. The predicted molar refractivity (Wildman–Crippen MR) is 56.1 cm³/mol. The molecule has 1 aliphatic carbocycles. The normalized spacial score (nSPS) is 26.7. The van der Waals surface area contributed by atoms with Crippen LogP contribution in [0.3, 0.4) is 0 Å². The summed E-state index contributed by atoms with van der Waals surface area (Å²) < 4.78 is 0. The summed E-state index contributed by atoms with van der Waals surface area (Å²) >= 11 is 0. The molecule has 1 aliphatic heterocycles. The van der Waals surface area contributed by atoms with Crippen LogP contribution in [0.4, 0.5) is 0 Å². The second-order valence-corrected chi connectivity index (χ2v) is 4.63. The molecular weight excluding hydrogens is 192 g/mol. The molecule has 1 atom stereocenters. The van der Waals surface area contributed by atoms with E-state index >= 15 is 0 Å². The molecule has 0 aromatic carbocycles. The van der Waals surface area contributed by atoms with E-state index in [9.17, 15) is 9.59 Å². The first-order valence-electron chi connectivity index (χ1n) is 5.75. The monoisotopic (exact) mass is 210 g/mol. The van der Waals surface area contributed by atoms with Gasteiger partial charge in [0.2, 0.25) is 11.8 Å². The fourth-order valence-electron chi connectivity index (χ4n) is 2.04. The van der Waals surface area contributed by atoms with E-state index in [4.69, 9.17) is 0 Å². The van der Waals surface area contributed by atoms with Crippen molar-refractivity contribution in [3.05, 3.63) is 0 Å². The van der Waals surface area contributed by atoms with Crippen LogP contribution in [-0.4, -0.2) is 35.8 Å². The quantitative estimate of drug-likeness (QED) is 0.735. The molecule has 15 heavy (non-hydrogen) atoms. The summed E-state index contributed by atoms with van der Waals surface area (Å²) in [4.78, 5) is 24.6. The van der Waals surface area contributed by atoms with Gasteiger partial charge in [0.15, 0.2) is 0 Å². The van der Waals surface area contributed by atoms with Gasteiger partial charge in [0, 0.05) is 6.54 Å². The van der Waals surface area contributed by atoms with E-state index in [1.165, 1.54) is 19.3 Å². The van der Waals surface area contributed by atoms with Gasteiger partial charge in [0.05, 0.1) is 6.54 Å². The number of carbonyl (C=O) groups excluding carboxylic acids is 2. The highest BCUT2D eigenvalue weighted by molar-refractivity contribution is 5.94. The summed E-state index contributed by atoms with van der Waals surface area (Å²) in [6.45, 7) is 2.73. The highest BCUT2D eigenvalue weighted by Gasteiger charge is 2.29. The van der Waals surface area contributed by atoms with Gasteiger partial charge in [0.25, 0.3) is 0 Å². The Morgan fingerprint density at radius 2 is 2.13 bits per heavy atom. The molecule has 0 aromatic rings. The molecule has 4 nitrogen and oxygen atoms in total. The molecule has 1 saturated carbocycles. The van der Waals surface area contributed by atoms with Crippen molar-refractivity contribution in [3.63, 3.8) is 0 Å². The van der Waals surface area contributed by atoms with Crippen molar-refractivity contribution in [3.8, 4) is 0 Å². The molecule has 0 radical (unpaired) electrons. The molecule has 1 heterocycles. The van der Waals surface area contributed by atoms with Crippen LogP contribution in [0.2, 0.25) is 0 Å². The third kappa shape index (κ3) is 2.70. The Kier molecular flexibility index (Phi) is 2.93. The van der Waals surface area contributed by atoms with Gasteiger partial charge in [-0.25, -0.2) is 0 Å². The van der Waals surface area contributed by atoms with E-state index in [1.54, 1.807) is 11.8 Å². The Morgan fingerprint density at radius 3 is 2.80 bits per heavy atom. The van der Waals surface area contributed by atoms with Crippen molar-refractivity contribution < 1.29 is 9.59 Å². The van der Waals surface area contributed by atoms with E-state index in [0.717, 1.165) is 18.9 Å². The van der Waals surface area contributed by atoms with Crippen LogP contribution in [0.1, 0.15) is 32.6 Å². The maximum Gasteiger partial charge on any atom is 0.245 e. The molecule has 1 unspecified atom stereocenters. The summed E-state index contributed by atoms with van der Waals surface area (Å²) in [6, 6.07) is -0.341. The molecule has 84 valence electrons. The number of nitrogens with one attached hydrogen (secondary N) is 1. The lowest BCUT2D eigenvalue weighted by Gasteiger charge is -2.30. The summed E-state index contributed by atoms with van der Waals surface area (Å²) in [5.74, 6) is 0.926. The Hall–Kier alpha value is -1.06. The molecular formula is C11H18N2O2. The van der Waals surface area contributed by atoms with E-state index < -0.39 is 0 Å². The lowest BCUT2D eigenvalue weighted by Crippen LogP contribution is -2.56. The standard InChI is InChI=1S/C11H18N2O2/c1-8-11(15)13(7-10(14)12-8)6-2-3-9-4-5-9/h8-9H,2-7H2,1H3,(H,12,14). The van der Waals surface area contributed by atoms with Crippen molar-refractivity contribution in [2.45, 2.75) is 38.6 Å². The fraction of sp³-hybridized carbons (Fsp3) is 0.818. The van der Waals surface area contributed by atoms with Gasteiger partial charge < -0.3 is 10.2 Å².